The summed E-state index contributed by atoms with van der Waals surface area (Å²) >= 11 is 11.8. The predicted molar refractivity (Wildman–Crippen MR) is 105 cm³/mol. The van der Waals surface area contributed by atoms with Crippen LogP contribution in [0.5, 0.6) is 0 Å². The minimum absolute atomic E-state index is 0.0570. The molecule has 0 aromatic heterocycles. The van der Waals surface area contributed by atoms with Crippen LogP contribution in [-0.2, 0) is 19.7 Å². The minimum Gasteiger partial charge on any atom is -0.321 e. The van der Waals surface area contributed by atoms with E-state index in [1.54, 1.807) is 6.07 Å². The van der Waals surface area contributed by atoms with Crippen molar-refractivity contribution in [1.29, 1.82) is 0 Å². The van der Waals surface area contributed by atoms with Crippen molar-refractivity contribution in [1.82, 2.24) is 0 Å². The first-order valence-corrected chi connectivity index (χ1v) is 12.0. The Bertz CT molecular complexity index is 1110. The number of hydrogen-bond donors (Lipinski definition) is 1. The molecule has 0 aliphatic carbocycles. The molecule has 2 aromatic carbocycles. The van der Waals surface area contributed by atoms with Crippen molar-refractivity contribution >= 4 is 54.5 Å². The van der Waals surface area contributed by atoms with E-state index >= 15 is 0 Å². The van der Waals surface area contributed by atoms with Crippen molar-refractivity contribution in [2.75, 3.05) is 16.8 Å². The first kappa shape index (κ1) is 20.1. The molecular weight excluding hydrogens is 433 g/mol. The Labute approximate surface area is 167 Å². The van der Waals surface area contributed by atoms with Crippen LogP contribution in [0.1, 0.15) is 16.8 Å². The van der Waals surface area contributed by atoms with E-state index in [0.29, 0.717) is 10.7 Å². The van der Waals surface area contributed by atoms with Crippen molar-refractivity contribution in [3.05, 3.63) is 58.1 Å². The highest BCUT2D eigenvalue weighted by Gasteiger charge is 2.38. The van der Waals surface area contributed by atoms with Crippen molar-refractivity contribution in [3.63, 3.8) is 0 Å². The number of benzene rings is 2. The van der Waals surface area contributed by atoms with Gasteiger partial charge in [-0.2, -0.15) is 0 Å². The molecule has 1 unspecified atom stereocenters. The van der Waals surface area contributed by atoms with Gasteiger partial charge in [0.1, 0.15) is 0 Å². The number of carbonyl (C=O) groups is 1. The van der Waals surface area contributed by atoms with Gasteiger partial charge in [0.15, 0.2) is 19.7 Å². The fourth-order valence-corrected chi connectivity index (χ4v) is 7.66. The lowest BCUT2D eigenvalue weighted by molar-refractivity contribution is 0.102. The molecule has 27 heavy (non-hydrogen) atoms. The Morgan fingerprint density at radius 3 is 2.48 bits per heavy atom. The monoisotopic (exact) mass is 447 g/mol. The van der Waals surface area contributed by atoms with Crippen molar-refractivity contribution in [2.24, 2.45) is 0 Å². The van der Waals surface area contributed by atoms with E-state index in [4.69, 9.17) is 23.2 Å². The highest BCUT2D eigenvalue weighted by atomic mass is 35.5. The molecule has 1 aliphatic heterocycles. The number of halogens is 2. The molecule has 2 aromatic rings. The minimum atomic E-state index is -3.86. The largest absolute Gasteiger partial charge is 0.321 e. The van der Waals surface area contributed by atoms with E-state index in [2.05, 4.69) is 5.32 Å². The first-order valence-electron chi connectivity index (χ1n) is 7.89. The zero-order chi connectivity index (χ0) is 19.8. The second kappa shape index (κ2) is 7.43. The van der Waals surface area contributed by atoms with Gasteiger partial charge in [0.05, 0.1) is 32.4 Å². The number of hydrogen-bond acceptors (Lipinski definition) is 5. The maximum Gasteiger partial charge on any atom is 0.255 e. The van der Waals surface area contributed by atoms with Crippen molar-refractivity contribution < 1.29 is 21.6 Å². The third-order valence-electron chi connectivity index (χ3n) is 4.23. The summed E-state index contributed by atoms with van der Waals surface area (Å²) in [5, 5.41) is 2.26. The highest BCUT2D eigenvalue weighted by Crippen LogP contribution is 2.28. The summed E-state index contributed by atoms with van der Waals surface area (Å²) in [6, 6.07) is 10.1. The number of anilines is 1. The van der Waals surface area contributed by atoms with Gasteiger partial charge in [0, 0.05) is 10.6 Å². The lowest BCUT2D eigenvalue weighted by Crippen LogP contribution is -2.23. The van der Waals surface area contributed by atoms with Gasteiger partial charge in [-0.1, -0.05) is 29.3 Å². The zero-order valence-electron chi connectivity index (χ0n) is 13.9. The molecule has 1 N–H and O–H groups in total. The normalized spacial score (nSPS) is 19.0. The van der Waals surface area contributed by atoms with E-state index in [9.17, 15) is 21.6 Å². The summed E-state index contributed by atoms with van der Waals surface area (Å²) in [5.74, 6) is -1.09. The van der Waals surface area contributed by atoms with E-state index in [1.807, 2.05) is 0 Å². The van der Waals surface area contributed by atoms with Crippen LogP contribution < -0.4 is 5.32 Å². The smallest absolute Gasteiger partial charge is 0.255 e. The Morgan fingerprint density at radius 1 is 1.11 bits per heavy atom. The van der Waals surface area contributed by atoms with E-state index in [-0.39, 0.29) is 27.7 Å². The Kier molecular flexibility index (Phi) is 5.54. The van der Waals surface area contributed by atoms with Crippen LogP contribution in [0.4, 0.5) is 5.69 Å². The molecule has 0 radical (unpaired) electrons. The van der Waals surface area contributed by atoms with Crippen LogP contribution in [0.25, 0.3) is 0 Å². The van der Waals surface area contributed by atoms with Gasteiger partial charge in [-0.05, 0) is 42.8 Å². The lowest BCUT2D eigenvalue weighted by Gasteiger charge is -2.12. The number of rotatable bonds is 4. The van der Waals surface area contributed by atoms with Gasteiger partial charge < -0.3 is 5.32 Å². The number of carbonyl (C=O) groups excluding carboxylic acids is 1. The maximum atomic E-state index is 12.7. The molecule has 0 saturated carbocycles. The molecular formula is C17H15Cl2NO5S2. The van der Waals surface area contributed by atoms with Gasteiger partial charge in [0.2, 0.25) is 0 Å². The van der Waals surface area contributed by atoms with Crippen molar-refractivity contribution in [2.45, 2.75) is 16.6 Å². The highest BCUT2D eigenvalue weighted by molar-refractivity contribution is 7.96. The molecule has 0 spiro atoms. The van der Waals surface area contributed by atoms with E-state index in [1.165, 1.54) is 36.4 Å². The van der Waals surface area contributed by atoms with Crippen LogP contribution in [-0.4, -0.2) is 39.5 Å². The molecule has 10 heteroatoms. The van der Waals surface area contributed by atoms with Crippen LogP contribution in [0.15, 0.2) is 47.4 Å². The Hall–Kier alpha value is -1.61. The van der Waals surface area contributed by atoms with Gasteiger partial charge in [-0.25, -0.2) is 16.8 Å². The summed E-state index contributed by atoms with van der Waals surface area (Å²) in [7, 11) is -7.20. The van der Waals surface area contributed by atoms with Crippen LogP contribution in [0, 0.1) is 0 Å². The molecule has 0 bridgehead atoms. The zero-order valence-corrected chi connectivity index (χ0v) is 17.0. The molecule has 1 saturated heterocycles. The Balaban J connectivity index is 1.86. The second-order valence-electron chi connectivity index (χ2n) is 6.18. The number of amides is 1. The van der Waals surface area contributed by atoms with Crippen LogP contribution >= 0.6 is 23.2 Å². The molecule has 1 heterocycles. The standard InChI is InChI=1S/C17H15Cl2NO5S2/c18-12-4-5-16(15(19)9-12)20-17(21)11-2-1-3-13(8-11)27(24,25)14-6-7-26(22,23)10-14/h1-5,8-9,14H,6-7,10H2,(H,20,21). The SMILES string of the molecule is O=C(Nc1ccc(Cl)cc1Cl)c1cccc(S(=O)(=O)C2CCS(=O)(=O)C2)c1. The fraction of sp³-hybridized carbons (Fsp3) is 0.235. The molecule has 144 valence electrons. The molecule has 1 fully saturated rings. The van der Waals surface area contributed by atoms with Gasteiger partial charge in [-0.15, -0.1) is 0 Å². The summed E-state index contributed by atoms with van der Waals surface area (Å²) in [6.07, 6.45) is 0.0570. The molecule has 1 amide bonds. The maximum absolute atomic E-state index is 12.7. The second-order valence-corrected chi connectivity index (χ2v) is 11.5. The average molecular weight is 448 g/mol. The summed E-state index contributed by atoms with van der Waals surface area (Å²) in [4.78, 5) is 12.4. The predicted octanol–water partition coefficient (Wildman–Crippen LogP) is 3.21. The number of nitrogens with one attached hydrogen (secondary N) is 1. The van der Waals surface area contributed by atoms with Gasteiger partial charge in [0.25, 0.3) is 5.91 Å². The van der Waals surface area contributed by atoms with Crippen LogP contribution in [0.2, 0.25) is 10.0 Å². The molecule has 6 nitrogen and oxygen atoms in total. The van der Waals surface area contributed by atoms with Crippen molar-refractivity contribution in [3.8, 4) is 0 Å². The van der Waals surface area contributed by atoms with Crippen LogP contribution in [0.3, 0.4) is 0 Å². The molecule has 3 rings (SSSR count). The lowest BCUT2D eigenvalue weighted by atomic mass is 10.2. The third-order valence-corrected chi connectivity index (χ3v) is 8.95. The van der Waals surface area contributed by atoms with Gasteiger partial charge in [-0.3, -0.25) is 4.79 Å². The molecule has 1 aliphatic rings. The van der Waals surface area contributed by atoms with Gasteiger partial charge >= 0.3 is 0 Å². The Morgan fingerprint density at radius 2 is 1.85 bits per heavy atom. The first-order chi connectivity index (χ1) is 12.6. The number of sulfone groups is 2. The summed E-state index contributed by atoms with van der Waals surface area (Å²) < 4.78 is 48.6. The van der Waals surface area contributed by atoms with E-state index < -0.39 is 36.6 Å². The third kappa shape index (κ3) is 4.45. The van der Waals surface area contributed by atoms with E-state index in [0.717, 1.165) is 0 Å². The summed E-state index contributed by atoms with van der Waals surface area (Å²) in [5.41, 5.74) is 0.448. The topological polar surface area (TPSA) is 97.4 Å². The quantitative estimate of drug-likeness (QED) is 0.775. The molecule has 1 atom stereocenters. The summed E-state index contributed by atoms with van der Waals surface area (Å²) in [6.45, 7) is 0. The average Bonchev–Trinajstić information content (AvgIpc) is 2.98. The fourth-order valence-electron chi connectivity index (χ4n) is 2.80.